The summed E-state index contributed by atoms with van der Waals surface area (Å²) in [6.07, 6.45) is 0. The third kappa shape index (κ3) is 4.07. The SMILES string of the molecule is Cc1ccc(OCC(=O)O)c(-c2ccc(C(C)(C)O)cc2F)c1. The van der Waals surface area contributed by atoms with Gasteiger partial charge in [0.05, 0.1) is 5.60 Å². The number of carboxylic acid groups (broad SMARTS) is 1. The summed E-state index contributed by atoms with van der Waals surface area (Å²) in [5.74, 6) is -1.31. The summed E-state index contributed by atoms with van der Waals surface area (Å²) in [5, 5.41) is 18.7. The minimum Gasteiger partial charge on any atom is -0.481 e. The summed E-state index contributed by atoms with van der Waals surface area (Å²) >= 11 is 0. The Morgan fingerprint density at radius 3 is 2.43 bits per heavy atom. The molecule has 0 bridgehead atoms. The number of aryl methyl sites for hydroxylation is 1. The van der Waals surface area contributed by atoms with Gasteiger partial charge in [0.15, 0.2) is 6.61 Å². The van der Waals surface area contributed by atoms with E-state index in [1.165, 1.54) is 6.07 Å². The average molecular weight is 318 g/mol. The van der Waals surface area contributed by atoms with Gasteiger partial charge in [0.1, 0.15) is 11.6 Å². The van der Waals surface area contributed by atoms with Crippen molar-refractivity contribution in [2.45, 2.75) is 26.4 Å². The van der Waals surface area contributed by atoms with E-state index in [2.05, 4.69) is 0 Å². The zero-order valence-corrected chi connectivity index (χ0v) is 13.3. The van der Waals surface area contributed by atoms with Gasteiger partial charge in [-0.25, -0.2) is 9.18 Å². The van der Waals surface area contributed by atoms with Crippen LogP contribution in [0.5, 0.6) is 5.75 Å². The van der Waals surface area contributed by atoms with Gasteiger partial charge in [0.2, 0.25) is 0 Å². The molecule has 0 spiro atoms. The number of benzene rings is 2. The van der Waals surface area contributed by atoms with Crippen LogP contribution in [0.2, 0.25) is 0 Å². The smallest absolute Gasteiger partial charge is 0.341 e. The van der Waals surface area contributed by atoms with Crippen molar-refractivity contribution in [2.24, 2.45) is 0 Å². The molecule has 0 unspecified atom stereocenters. The van der Waals surface area contributed by atoms with Crippen LogP contribution >= 0.6 is 0 Å². The van der Waals surface area contributed by atoms with Gasteiger partial charge in [-0.15, -0.1) is 0 Å². The molecule has 0 saturated heterocycles. The van der Waals surface area contributed by atoms with E-state index in [0.29, 0.717) is 22.4 Å². The molecular weight excluding hydrogens is 299 g/mol. The van der Waals surface area contributed by atoms with E-state index in [0.717, 1.165) is 5.56 Å². The number of aliphatic hydroxyl groups is 1. The number of carboxylic acids is 1. The van der Waals surface area contributed by atoms with Gasteiger partial charge in [0, 0.05) is 11.1 Å². The zero-order valence-electron chi connectivity index (χ0n) is 13.3. The van der Waals surface area contributed by atoms with Crippen LogP contribution in [-0.2, 0) is 10.4 Å². The van der Waals surface area contributed by atoms with Crippen molar-refractivity contribution in [3.63, 3.8) is 0 Å². The van der Waals surface area contributed by atoms with Gasteiger partial charge in [-0.1, -0.05) is 23.8 Å². The lowest BCUT2D eigenvalue weighted by Gasteiger charge is -2.19. The third-order valence-electron chi connectivity index (χ3n) is 3.45. The number of rotatable bonds is 5. The Balaban J connectivity index is 2.48. The van der Waals surface area contributed by atoms with E-state index >= 15 is 0 Å². The maximum Gasteiger partial charge on any atom is 0.341 e. The second-order valence-corrected chi connectivity index (χ2v) is 5.94. The monoisotopic (exact) mass is 318 g/mol. The molecule has 2 rings (SSSR count). The van der Waals surface area contributed by atoms with Crippen LogP contribution in [0.4, 0.5) is 4.39 Å². The van der Waals surface area contributed by atoms with Gasteiger partial charge in [0.25, 0.3) is 0 Å². The quantitative estimate of drug-likeness (QED) is 0.885. The number of hydrogen-bond acceptors (Lipinski definition) is 3. The van der Waals surface area contributed by atoms with Crippen LogP contribution in [0.25, 0.3) is 11.1 Å². The molecule has 0 radical (unpaired) electrons. The Bertz CT molecular complexity index is 732. The van der Waals surface area contributed by atoms with E-state index in [4.69, 9.17) is 9.84 Å². The number of aliphatic carboxylic acids is 1. The van der Waals surface area contributed by atoms with Crippen molar-refractivity contribution in [1.82, 2.24) is 0 Å². The van der Waals surface area contributed by atoms with Gasteiger partial charge >= 0.3 is 5.97 Å². The van der Waals surface area contributed by atoms with Crippen molar-refractivity contribution in [2.75, 3.05) is 6.61 Å². The van der Waals surface area contributed by atoms with E-state index in [1.807, 2.05) is 6.92 Å². The summed E-state index contributed by atoms with van der Waals surface area (Å²) < 4.78 is 19.7. The molecule has 0 saturated carbocycles. The number of hydrogen-bond donors (Lipinski definition) is 2. The zero-order chi connectivity index (χ0) is 17.2. The summed E-state index contributed by atoms with van der Waals surface area (Å²) in [6, 6.07) is 9.60. The molecule has 0 aliphatic heterocycles. The fourth-order valence-electron chi connectivity index (χ4n) is 2.23. The molecule has 5 heteroatoms. The molecule has 2 N–H and O–H groups in total. The lowest BCUT2D eigenvalue weighted by molar-refractivity contribution is -0.139. The summed E-state index contributed by atoms with van der Waals surface area (Å²) in [4.78, 5) is 10.7. The Hall–Kier alpha value is -2.40. The predicted octanol–water partition coefficient (Wildman–Crippen LogP) is 3.49. The molecule has 2 aromatic carbocycles. The summed E-state index contributed by atoms with van der Waals surface area (Å²) in [5.41, 5.74) is 0.982. The standard InChI is InChI=1S/C18H19FO4/c1-11-4-7-16(23-10-17(20)21)14(8-11)13-6-5-12(9-15(13)19)18(2,3)22/h4-9,22H,10H2,1-3H3,(H,20,21). The second-order valence-electron chi connectivity index (χ2n) is 5.94. The molecule has 122 valence electrons. The highest BCUT2D eigenvalue weighted by molar-refractivity contribution is 5.73. The molecular formula is C18H19FO4. The fourth-order valence-corrected chi connectivity index (χ4v) is 2.23. The minimum atomic E-state index is -1.14. The van der Waals surface area contributed by atoms with Crippen LogP contribution in [0.1, 0.15) is 25.0 Å². The highest BCUT2D eigenvalue weighted by Crippen LogP contribution is 2.34. The van der Waals surface area contributed by atoms with Crippen LogP contribution in [0.15, 0.2) is 36.4 Å². The highest BCUT2D eigenvalue weighted by Gasteiger charge is 2.19. The Morgan fingerprint density at radius 1 is 1.17 bits per heavy atom. The molecule has 0 amide bonds. The molecule has 0 aliphatic carbocycles. The van der Waals surface area contributed by atoms with Gasteiger partial charge in [-0.05, 0) is 44.5 Å². The molecule has 0 fully saturated rings. The largest absolute Gasteiger partial charge is 0.481 e. The van der Waals surface area contributed by atoms with Crippen LogP contribution in [0.3, 0.4) is 0 Å². The van der Waals surface area contributed by atoms with Crippen molar-refractivity contribution in [3.05, 3.63) is 53.3 Å². The molecule has 0 atom stereocenters. The van der Waals surface area contributed by atoms with Crippen molar-refractivity contribution >= 4 is 5.97 Å². The Labute approximate surface area is 134 Å². The fraction of sp³-hybridized carbons (Fsp3) is 0.278. The normalized spacial score (nSPS) is 11.3. The molecule has 0 aliphatic rings. The molecule has 0 aromatic heterocycles. The van der Waals surface area contributed by atoms with E-state index in [9.17, 15) is 14.3 Å². The van der Waals surface area contributed by atoms with Crippen molar-refractivity contribution < 1.29 is 24.1 Å². The maximum atomic E-state index is 14.5. The number of halogens is 1. The lowest BCUT2D eigenvalue weighted by atomic mass is 9.94. The molecule has 4 nitrogen and oxygen atoms in total. The van der Waals surface area contributed by atoms with Crippen molar-refractivity contribution in [1.29, 1.82) is 0 Å². The maximum absolute atomic E-state index is 14.5. The molecule has 2 aromatic rings. The number of carbonyl (C=O) groups is 1. The summed E-state index contributed by atoms with van der Waals surface area (Å²) in [7, 11) is 0. The first-order valence-corrected chi connectivity index (χ1v) is 7.16. The van der Waals surface area contributed by atoms with Gasteiger partial charge < -0.3 is 14.9 Å². The van der Waals surface area contributed by atoms with E-state index in [-0.39, 0.29) is 0 Å². The van der Waals surface area contributed by atoms with Crippen LogP contribution in [-0.4, -0.2) is 22.8 Å². The first kappa shape index (κ1) is 17.0. The van der Waals surface area contributed by atoms with E-state index in [1.54, 1.807) is 44.2 Å². The topological polar surface area (TPSA) is 66.8 Å². The third-order valence-corrected chi connectivity index (χ3v) is 3.45. The Kier molecular flexibility index (Phi) is 4.71. The average Bonchev–Trinajstić information content (AvgIpc) is 2.44. The first-order chi connectivity index (χ1) is 10.7. The minimum absolute atomic E-state index is 0.294. The van der Waals surface area contributed by atoms with Gasteiger partial charge in [-0.2, -0.15) is 0 Å². The Morgan fingerprint density at radius 2 is 1.87 bits per heavy atom. The predicted molar refractivity (Wildman–Crippen MR) is 84.9 cm³/mol. The first-order valence-electron chi connectivity index (χ1n) is 7.16. The van der Waals surface area contributed by atoms with Gasteiger partial charge in [-0.3, -0.25) is 0 Å². The van der Waals surface area contributed by atoms with Crippen LogP contribution < -0.4 is 4.74 Å². The lowest BCUT2D eigenvalue weighted by Crippen LogP contribution is -2.15. The second kappa shape index (κ2) is 6.38. The number of ether oxygens (including phenoxy) is 1. The van der Waals surface area contributed by atoms with E-state index < -0.39 is 24.0 Å². The van der Waals surface area contributed by atoms with Crippen LogP contribution in [0, 0.1) is 12.7 Å². The highest BCUT2D eigenvalue weighted by atomic mass is 19.1. The molecule has 0 heterocycles. The molecule has 23 heavy (non-hydrogen) atoms. The van der Waals surface area contributed by atoms with Crippen molar-refractivity contribution in [3.8, 4) is 16.9 Å². The summed E-state index contributed by atoms with van der Waals surface area (Å²) in [6.45, 7) is 4.51.